The standard InChI is InChI=1S/C12H14O9S.Na.H/c13-2-1-7-5-8(22(18,19)20)6-9(10(7)11(15)16)12(17)21-4-3-14;;/h5-6,13-14H,1-4H2,(H,15,16)(H,18,19,20);;. The third kappa shape index (κ3) is 5.84. The Balaban J connectivity index is 0.00000484. The Hall–Kier alpha value is -1.01. The summed E-state index contributed by atoms with van der Waals surface area (Å²) in [6.45, 7) is -1.42. The number of carboxylic acid groups (broad SMARTS) is 1. The van der Waals surface area contributed by atoms with E-state index >= 15 is 0 Å². The maximum atomic E-state index is 11.8. The fourth-order valence-corrected chi connectivity index (χ4v) is 2.33. The zero-order valence-corrected chi connectivity index (χ0v) is 12.0. The summed E-state index contributed by atoms with van der Waals surface area (Å²) in [6.07, 6.45) is -0.245. The van der Waals surface area contributed by atoms with Crippen molar-refractivity contribution in [1.29, 1.82) is 0 Å². The van der Waals surface area contributed by atoms with Crippen LogP contribution >= 0.6 is 0 Å². The monoisotopic (exact) mass is 358 g/mol. The topological polar surface area (TPSA) is 158 Å². The minimum atomic E-state index is -4.69. The molecule has 0 bridgehead atoms. The van der Waals surface area contributed by atoms with Crippen molar-refractivity contribution in [2.45, 2.75) is 11.3 Å². The predicted molar refractivity (Wildman–Crippen MR) is 78.5 cm³/mol. The second-order valence-corrected chi connectivity index (χ2v) is 5.54. The molecule has 9 nitrogen and oxygen atoms in total. The van der Waals surface area contributed by atoms with E-state index in [1.807, 2.05) is 0 Å². The SMILES string of the molecule is O=C(OCCO)c1cc(S(=O)(=O)O)cc(CCO)c1C(=O)O.[NaH]. The van der Waals surface area contributed by atoms with E-state index in [0.29, 0.717) is 6.07 Å². The van der Waals surface area contributed by atoms with E-state index in [4.69, 9.17) is 14.8 Å². The molecular formula is C12H15NaO9S. The number of hydrogen-bond acceptors (Lipinski definition) is 7. The normalized spacial score (nSPS) is 10.7. The Bertz CT molecular complexity index is 684. The van der Waals surface area contributed by atoms with Crippen LogP contribution < -0.4 is 0 Å². The quantitative estimate of drug-likeness (QED) is 0.263. The predicted octanol–water partition coefficient (Wildman–Crippen LogP) is -1.33. The number of aliphatic hydroxyl groups is 2. The first-order valence-electron chi connectivity index (χ1n) is 5.99. The van der Waals surface area contributed by atoms with Gasteiger partial charge in [-0.2, -0.15) is 8.42 Å². The Morgan fingerprint density at radius 3 is 2.17 bits per heavy atom. The summed E-state index contributed by atoms with van der Waals surface area (Å²) in [5.74, 6) is -2.70. The van der Waals surface area contributed by atoms with E-state index in [0.717, 1.165) is 6.07 Å². The van der Waals surface area contributed by atoms with Gasteiger partial charge in [0.1, 0.15) is 6.61 Å². The molecule has 0 aliphatic rings. The molecule has 0 aliphatic heterocycles. The van der Waals surface area contributed by atoms with Gasteiger partial charge in [-0.15, -0.1) is 0 Å². The van der Waals surface area contributed by atoms with Crippen LogP contribution in [-0.4, -0.2) is 89.6 Å². The van der Waals surface area contributed by atoms with Gasteiger partial charge in [0.25, 0.3) is 10.1 Å². The molecule has 4 N–H and O–H groups in total. The van der Waals surface area contributed by atoms with Crippen molar-refractivity contribution in [3.05, 3.63) is 28.8 Å². The summed E-state index contributed by atoms with van der Waals surface area (Å²) >= 11 is 0. The number of carbonyl (C=O) groups excluding carboxylic acids is 1. The Morgan fingerprint density at radius 2 is 1.74 bits per heavy atom. The Morgan fingerprint density at radius 1 is 1.13 bits per heavy atom. The zero-order valence-electron chi connectivity index (χ0n) is 11.2. The van der Waals surface area contributed by atoms with E-state index in [9.17, 15) is 23.1 Å². The van der Waals surface area contributed by atoms with Crippen molar-refractivity contribution in [2.75, 3.05) is 19.8 Å². The van der Waals surface area contributed by atoms with Crippen LogP contribution in [0.3, 0.4) is 0 Å². The van der Waals surface area contributed by atoms with Crippen molar-refractivity contribution < 1.29 is 42.6 Å². The summed E-state index contributed by atoms with van der Waals surface area (Å²) in [4.78, 5) is 22.4. The summed E-state index contributed by atoms with van der Waals surface area (Å²) in [5.41, 5.74) is -1.29. The zero-order chi connectivity index (χ0) is 16.9. The van der Waals surface area contributed by atoms with Gasteiger partial charge in [0.2, 0.25) is 0 Å². The van der Waals surface area contributed by atoms with Crippen molar-refractivity contribution >= 4 is 51.6 Å². The number of carbonyl (C=O) groups is 2. The van der Waals surface area contributed by atoms with Crippen LogP contribution in [0.5, 0.6) is 0 Å². The van der Waals surface area contributed by atoms with Gasteiger partial charge in [0.15, 0.2) is 0 Å². The molecule has 0 saturated heterocycles. The maximum absolute atomic E-state index is 11.8. The van der Waals surface area contributed by atoms with E-state index < -0.39 is 57.9 Å². The van der Waals surface area contributed by atoms with Gasteiger partial charge in [-0.25, -0.2) is 9.59 Å². The molecule has 0 radical (unpaired) electrons. The van der Waals surface area contributed by atoms with Crippen LogP contribution in [0.4, 0.5) is 0 Å². The van der Waals surface area contributed by atoms with E-state index in [1.165, 1.54) is 0 Å². The summed E-state index contributed by atoms with van der Waals surface area (Å²) in [5, 5.41) is 26.7. The van der Waals surface area contributed by atoms with Crippen molar-refractivity contribution in [3.63, 3.8) is 0 Å². The molecule has 0 aromatic heterocycles. The Labute approximate surface area is 153 Å². The first kappa shape index (κ1) is 22.0. The van der Waals surface area contributed by atoms with Gasteiger partial charge < -0.3 is 20.1 Å². The first-order chi connectivity index (χ1) is 10.2. The van der Waals surface area contributed by atoms with Gasteiger partial charge in [0.05, 0.1) is 22.6 Å². The molecule has 1 aromatic carbocycles. The molecule has 1 aromatic rings. The molecule has 0 amide bonds. The number of aliphatic hydroxyl groups excluding tert-OH is 2. The van der Waals surface area contributed by atoms with Crippen LogP contribution in [0.15, 0.2) is 17.0 Å². The molecule has 0 heterocycles. The average molecular weight is 358 g/mol. The summed E-state index contributed by atoms with van der Waals surface area (Å²) in [7, 11) is -4.69. The molecule has 0 saturated carbocycles. The van der Waals surface area contributed by atoms with Crippen molar-refractivity contribution in [1.82, 2.24) is 0 Å². The second kappa shape index (κ2) is 9.33. The van der Waals surface area contributed by atoms with Crippen LogP contribution in [0.2, 0.25) is 0 Å². The minimum absolute atomic E-state index is 0. The molecule has 0 spiro atoms. The Kier molecular flexibility index (Phi) is 8.92. The second-order valence-electron chi connectivity index (χ2n) is 4.12. The van der Waals surface area contributed by atoms with Crippen LogP contribution in [0.25, 0.3) is 0 Å². The molecule has 124 valence electrons. The summed E-state index contributed by atoms with van der Waals surface area (Å²) in [6, 6.07) is 1.52. The van der Waals surface area contributed by atoms with E-state index in [2.05, 4.69) is 4.74 Å². The van der Waals surface area contributed by atoms with Gasteiger partial charge in [-0.3, -0.25) is 4.55 Å². The molecule has 0 unspecified atom stereocenters. The number of hydrogen-bond donors (Lipinski definition) is 4. The number of ether oxygens (including phenoxy) is 1. The molecule has 0 aliphatic carbocycles. The van der Waals surface area contributed by atoms with E-state index in [1.54, 1.807) is 0 Å². The van der Waals surface area contributed by atoms with E-state index in [-0.39, 0.29) is 41.5 Å². The van der Waals surface area contributed by atoms with Crippen molar-refractivity contribution in [3.8, 4) is 0 Å². The molecule has 1 rings (SSSR count). The third-order valence-corrected chi connectivity index (χ3v) is 3.46. The first-order valence-corrected chi connectivity index (χ1v) is 7.43. The van der Waals surface area contributed by atoms with Gasteiger partial charge in [0, 0.05) is 6.61 Å². The fraction of sp³-hybridized carbons (Fsp3) is 0.333. The van der Waals surface area contributed by atoms with Crippen LogP contribution in [-0.2, 0) is 21.3 Å². The van der Waals surface area contributed by atoms with Crippen LogP contribution in [0, 0.1) is 0 Å². The molecule has 0 fully saturated rings. The van der Waals surface area contributed by atoms with Crippen molar-refractivity contribution in [2.24, 2.45) is 0 Å². The van der Waals surface area contributed by atoms with Gasteiger partial charge in [-0.1, -0.05) is 0 Å². The van der Waals surface area contributed by atoms with Gasteiger partial charge >= 0.3 is 41.5 Å². The molecule has 0 atom stereocenters. The van der Waals surface area contributed by atoms with Gasteiger partial charge in [-0.05, 0) is 24.1 Å². The summed E-state index contributed by atoms with van der Waals surface area (Å²) < 4.78 is 36.1. The van der Waals surface area contributed by atoms with Crippen LogP contribution in [0.1, 0.15) is 26.3 Å². The number of rotatable bonds is 7. The number of benzene rings is 1. The molecular weight excluding hydrogens is 343 g/mol. The third-order valence-electron chi connectivity index (χ3n) is 2.63. The number of esters is 1. The number of carboxylic acids is 1. The fourth-order valence-electron chi connectivity index (χ4n) is 1.77. The number of aromatic carboxylic acids is 1. The molecule has 23 heavy (non-hydrogen) atoms. The molecule has 11 heteroatoms. The average Bonchev–Trinajstić information content (AvgIpc) is 2.42.